The molecule has 4 nitrogen and oxygen atoms in total. The van der Waals surface area contributed by atoms with Crippen LogP contribution in [0.3, 0.4) is 0 Å². The quantitative estimate of drug-likeness (QED) is 0.174. The van der Waals surface area contributed by atoms with E-state index in [2.05, 4.69) is 40.4 Å². The van der Waals surface area contributed by atoms with Crippen molar-refractivity contribution in [2.45, 2.75) is 18.1 Å². The number of amides is 1. The first-order valence-corrected chi connectivity index (χ1v) is 14.0. The maximum absolute atomic E-state index is 13.5. The van der Waals surface area contributed by atoms with E-state index in [-0.39, 0.29) is 24.2 Å². The molecule has 0 bridgehead atoms. The first kappa shape index (κ1) is 26.3. The molecule has 0 aliphatic carbocycles. The van der Waals surface area contributed by atoms with Gasteiger partial charge in [-0.25, -0.2) is 0 Å². The smallest absolute Gasteiger partial charge is 0.261 e. The highest BCUT2D eigenvalue weighted by molar-refractivity contribution is 7.97. The first-order valence-electron chi connectivity index (χ1n) is 13.0. The lowest BCUT2D eigenvalue weighted by Gasteiger charge is -2.18. The summed E-state index contributed by atoms with van der Waals surface area (Å²) in [5, 5.41) is 5.63. The summed E-state index contributed by atoms with van der Waals surface area (Å²) in [4.78, 5) is 26.5. The number of hydrogen-bond donors (Lipinski definition) is 2. The molecule has 5 rings (SSSR count). The van der Waals surface area contributed by atoms with Crippen LogP contribution in [-0.4, -0.2) is 18.2 Å². The van der Waals surface area contributed by atoms with Gasteiger partial charge in [0, 0.05) is 22.9 Å². The van der Waals surface area contributed by atoms with E-state index in [1.807, 2.05) is 91.0 Å². The van der Waals surface area contributed by atoms with Gasteiger partial charge in [-0.3, -0.25) is 14.3 Å². The Bertz CT molecular complexity index is 1550. The van der Waals surface area contributed by atoms with E-state index < -0.39 is 0 Å². The fourth-order valence-corrected chi connectivity index (χ4v) is 5.27. The molecule has 2 N–H and O–H groups in total. The Morgan fingerprint density at radius 3 is 2.18 bits per heavy atom. The average Bonchev–Trinajstić information content (AvgIpc) is 2.99. The second kappa shape index (κ2) is 12.9. The van der Waals surface area contributed by atoms with Crippen molar-refractivity contribution < 1.29 is 9.59 Å². The van der Waals surface area contributed by atoms with E-state index in [1.165, 1.54) is 22.7 Å². The predicted molar refractivity (Wildman–Crippen MR) is 162 cm³/mol. The number of anilines is 1. The number of para-hydroxylation sites is 1. The van der Waals surface area contributed by atoms with E-state index in [4.69, 9.17) is 0 Å². The van der Waals surface area contributed by atoms with Gasteiger partial charge in [0.15, 0.2) is 5.78 Å². The van der Waals surface area contributed by atoms with E-state index in [9.17, 15) is 9.59 Å². The molecular formula is C34H30N2O2S. The molecule has 0 saturated heterocycles. The molecule has 0 heterocycles. The Balaban J connectivity index is 1.27. The molecule has 1 atom stereocenters. The summed E-state index contributed by atoms with van der Waals surface area (Å²) in [5.74, 6) is 0.194. The summed E-state index contributed by atoms with van der Waals surface area (Å²) in [6, 6.07) is 41.7. The van der Waals surface area contributed by atoms with Crippen molar-refractivity contribution in [2.24, 2.45) is 0 Å². The van der Waals surface area contributed by atoms with Crippen molar-refractivity contribution in [3.8, 4) is 0 Å². The summed E-state index contributed by atoms with van der Waals surface area (Å²) >= 11 is 1.37. The van der Waals surface area contributed by atoms with Crippen LogP contribution in [0.15, 0.2) is 127 Å². The molecule has 5 aromatic rings. The Kier molecular flexibility index (Phi) is 8.71. The highest BCUT2D eigenvalue weighted by atomic mass is 32.2. The topological polar surface area (TPSA) is 58.2 Å². The number of nitrogens with one attached hydrogen (secondary N) is 2. The monoisotopic (exact) mass is 530 g/mol. The lowest BCUT2D eigenvalue weighted by atomic mass is 9.87. The van der Waals surface area contributed by atoms with Gasteiger partial charge in [-0.1, -0.05) is 103 Å². The SMILES string of the molecule is O=C(NSCc1ccc2ccccc2c1)c1cccc([C@H](Cc2ccccc2)C(=O)CNc2ccccc2)c1. The van der Waals surface area contributed by atoms with Gasteiger partial charge in [0.25, 0.3) is 5.91 Å². The van der Waals surface area contributed by atoms with Gasteiger partial charge in [0.2, 0.25) is 0 Å². The fraction of sp³-hybridized carbons (Fsp3) is 0.118. The Hall–Kier alpha value is -4.35. The summed E-state index contributed by atoms with van der Waals surface area (Å²) < 4.78 is 2.97. The van der Waals surface area contributed by atoms with Gasteiger partial charge in [0.1, 0.15) is 0 Å². The van der Waals surface area contributed by atoms with Crippen molar-refractivity contribution in [3.63, 3.8) is 0 Å². The van der Waals surface area contributed by atoms with Crippen molar-refractivity contribution in [2.75, 3.05) is 11.9 Å². The maximum atomic E-state index is 13.5. The molecular weight excluding hydrogens is 500 g/mol. The van der Waals surface area contributed by atoms with Crippen LogP contribution in [0.1, 0.15) is 33.0 Å². The third-order valence-electron chi connectivity index (χ3n) is 6.68. The molecule has 0 fully saturated rings. The second-order valence-corrected chi connectivity index (χ2v) is 10.2. The van der Waals surface area contributed by atoms with Gasteiger partial charge in [-0.2, -0.15) is 0 Å². The number of carbonyl (C=O) groups is 2. The largest absolute Gasteiger partial charge is 0.378 e. The van der Waals surface area contributed by atoms with Crippen molar-refractivity contribution >= 4 is 40.1 Å². The Morgan fingerprint density at radius 2 is 1.38 bits per heavy atom. The molecule has 0 spiro atoms. The summed E-state index contributed by atoms with van der Waals surface area (Å²) in [6.07, 6.45) is 0.567. The van der Waals surface area contributed by atoms with E-state index in [1.54, 1.807) is 6.07 Å². The molecule has 1 amide bonds. The van der Waals surface area contributed by atoms with E-state index in [0.29, 0.717) is 17.7 Å². The number of benzene rings is 5. The zero-order chi connectivity index (χ0) is 26.9. The van der Waals surface area contributed by atoms with Crippen molar-refractivity contribution in [1.82, 2.24) is 4.72 Å². The molecule has 0 aromatic heterocycles. The average molecular weight is 531 g/mol. The molecule has 5 heteroatoms. The summed E-state index contributed by atoms with van der Waals surface area (Å²) in [7, 11) is 0. The molecule has 0 radical (unpaired) electrons. The zero-order valence-electron chi connectivity index (χ0n) is 21.5. The highest BCUT2D eigenvalue weighted by Gasteiger charge is 2.22. The van der Waals surface area contributed by atoms with Crippen LogP contribution in [-0.2, 0) is 17.0 Å². The molecule has 39 heavy (non-hydrogen) atoms. The maximum Gasteiger partial charge on any atom is 0.261 e. The minimum absolute atomic E-state index is 0.0749. The number of rotatable bonds is 11. The highest BCUT2D eigenvalue weighted by Crippen LogP contribution is 2.24. The van der Waals surface area contributed by atoms with Gasteiger partial charge < -0.3 is 5.32 Å². The normalized spacial score (nSPS) is 11.6. The van der Waals surface area contributed by atoms with Gasteiger partial charge in [0.05, 0.1) is 6.54 Å². The number of carbonyl (C=O) groups excluding carboxylic acids is 2. The van der Waals surface area contributed by atoms with Crippen LogP contribution >= 0.6 is 11.9 Å². The summed E-state index contributed by atoms with van der Waals surface area (Å²) in [5.41, 5.74) is 4.51. The number of hydrogen-bond acceptors (Lipinski definition) is 4. The Morgan fingerprint density at radius 1 is 0.667 bits per heavy atom. The van der Waals surface area contributed by atoms with Crippen molar-refractivity contribution in [1.29, 1.82) is 0 Å². The number of fused-ring (bicyclic) bond motifs is 1. The minimum Gasteiger partial charge on any atom is -0.378 e. The van der Waals surface area contributed by atoms with Crippen LogP contribution in [0, 0.1) is 0 Å². The standard InChI is InChI=1S/C34H30N2O2S/c37-33(23-35-31-16-5-2-6-17-31)32(21-25-10-3-1-4-11-25)29-14-9-15-30(22-29)34(38)36-39-24-26-18-19-27-12-7-8-13-28(27)20-26/h1-20,22,32,35H,21,23-24H2,(H,36,38)/t32-/m0/s1. The zero-order valence-corrected chi connectivity index (χ0v) is 22.4. The van der Waals surface area contributed by atoms with Gasteiger partial charge in [-0.15, -0.1) is 0 Å². The molecule has 0 saturated carbocycles. The van der Waals surface area contributed by atoms with E-state index in [0.717, 1.165) is 22.4 Å². The second-order valence-electron chi connectivity index (χ2n) is 9.46. The third-order valence-corrected chi connectivity index (χ3v) is 7.49. The lowest BCUT2D eigenvalue weighted by Crippen LogP contribution is -2.24. The van der Waals surface area contributed by atoms with Crippen LogP contribution in [0.4, 0.5) is 5.69 Å². The number of Topliss-reactive ketones (excluding diaryl/α,β-unsaturated/α-hetero) is 1. The van der Waals surface area contributed by atoms with Crippen LogP contribution in [0.2, 0.25) is 0 Å². The molecule has 0 aliphatic heterocycles. The Labute approximate surface area is 233 Å². The van der Waals surface area contributed by atoms with Crippen LogP contribution in [0.25, 0.3) is 10.8 Å². The number of ketones is 1. The predicted octanol–water partition coefficient (Wildman–Crippen LogP) is 7.43. The lowest BCUT2D eigenvalue weighted by molar-refractivity contribution is -0.118. The molecule has 0 aliphatic rings. The first-order chi connectivity index (χ1) is 19.2. The fourth-order valence-electron chi connectivity index (χ4n) is 4.60. The molecule has 5 aromatic carbocycles. The molecule has 194 valence electrons. The minimum atomic E-state index is -0.374. The molecule has 0 unspecified atom stereocenters. The summed E-state index contributed by atoms with van der Waals surface area (Å²) in [6.45, 7) is 0.208. The third kappa shape index (κ3) is 7.15. The van der Waals surface area contributed by atoms with Crippen molar-refractivity contribution in [3.05, 3.63) is 150 Å². The van der Waals surface area contributed by atoms with Crippen LogP contribution < -0.4 is 10.0 Å². The van der Waals surface area contributed by atoms with Crippen LogP contribution in [0.5, 0.6) is 0 Å². The van der Waals surface area contributed by atoms with Gasteiger partial charge in [-0.05, 0) is 70.1 Å². The van der Waals surface area contributed by atoms with Gasteiger partial charge >= 0.3 is 0 Å². The van der Waals surface area contributed by atoms with E-state index >= 15 is 0 Å².